The highest BCUT2D eigenvalue weighted by Gasteiger charge is 2.21. The van der Waals surface area contributed by atoms with Gasteiger partial charge in [-0.1, -0.05) is 35.4 Å². The van der Waals surface area contributed by atoms with Gasteiger partial charge in [0.1, 0.15) is 0 Å². The first-order chi connectivity index (χ1) is 14.3. The van der Waals surface area contributed by atoms with Crippen LogP contribution in [0.2, 0.25) is 0 Å². The average Bonchev–Trinajstić information content (AvgIpc) is 2.74. The first-order valence-corrected chi connectivity index (χ1v) is 12.6. The Kier molecular flexibility index (Phi) is 7.93. The third-order valence-electron chi connectivity index (χ3n) is 5.16. The second kappa shape index (κ2) is 10.4. The molecule has 1 heterocycles. The van der Waals surface area contributed by atoms with Crippen molar-refractivity contribution in [2.75, 3.05) is 45.0 Å². The third-order valence-corrected chi connectivity index (χ3v) is 7.63. The van der Waals surface area contributed by atoms with Crippen molar-refractivity contribution in [2.45, 2.75) is 23.6 Å². The van der Waals surface area contributed by atoms with E-state index in [0.717, 1.165) is 23.5 Å². The largest absolute Gasteiger partial charge is 0.339 e. The number of hydrogen-bond donors (Lipinski definition) is 1. The summed E-state index contributed by atoms with van der Waals surface area (Å²) in [6, 6.07) is 15.0. The number of nitrogens with one attached hydrogen (secondary N) is 1. The van der Waals surface area contributed by atoms with Gasteiger partial charge >= 0.3 is 0 Å². The second-order valence-electron chi connectivity index (χ2n) is 7.53. The van der Waals surface area contributed by atoms with Crippen LogP contribution in [0.5, 0.6) is 0 Å². The van der Waals surface area contributed by atoms with Crippen LogP contribution >= 0.6 is 11.8 Å². The fraction of sp³-hybridized carbons (Fsp3) is 0.409. The molecule has 3 rings (SSSR count). The summed E-state index contributed by atoms with van der Waals surface area (Å²) in [7, 11) is -3.48. The molecular formula is C22H29N3O3S2. The number of carbonyl (C=O) groups is 1. The average molecular weight is 448 g/mol. The minimum absolute atomic E-state index is 0.153. The quantitative estimate of drug-likeness (QED) is 0.630. The molecule has 6 nitrogen and oxygen atoms in total. The van der Waals surface area contributed by atoms with E-state index in [1.165, 1.54) is 5.56 Å². The molecule has 0 atom stereocenters. The highest BCUT2D eigenvalue weighted by Crippen LogP contribution is 2.19. The lowest BCUT2D eigenvalue weighted by molar-refractivity contribution is -0.130. The van der Waals surface area contributed by atoms with Crippen LogP contribution < -0.4 is 4.72 Å². The van der Waals surface area contributed by atoms with Crippen molar-refractivity contribution < 1.29 is 13.2 Å². The van der Waals surface area contributed by atoms with Crippen LogP contribution in [-0.4, -0.2) is 69.1 Å². The molecule has 0 aromatic heterocycles. The molecule has 8 heteroatoms. The molecular weight excluding hydrogens is 418 g/mol. The predicted octanol–water partition coefficient (Wildman–Crippen LogP) is 2.52. The highest BCUT2D eigenvalue weighted by molar-refractivity contribution is 8.00. The Bertz CT molecular complexity index is 937. The van der Waals surface area contributed by atoms with Crippen molar-refractivity contribution in [3.8, 4) is 0 Å². The Hall–Kier alpha value is -1.87. The van der Waals surface area contributed by atoms with Crippen LogP contribution in [0.25, 0.3) is 0 Å². The molecule has 1 amide bonds. The van der Waals surface area contributed by atoms with Crippen LogP contribution in [0.15, 0.2) is 58.3 Å². The van der Waals surface area contributed by atoms with Crippen LogP contribution in [0.3, 0.4) is 0 Å². The summed E-state index contributed by atoms with van der Waals surface area (Å²) in [6.07, 6.45) is 0. The molecule has 0 aliphatic carbocycles. The summed E-state index contributed by atoms with van der Waals surface area (Å²) in [5.74, 6) is 0.597. The van der Waals surface area contributed by atoms with E-state index in [1.54, 1.807) is 36.0 Å². The van der Waals surface area contributed by atoms with Crippen LogP contribution in [0.1, 0.15) is 11.1 Å². The van der Waals surface area contributed by atoms with E-state index in [2.05, 4.69) is 21.8 Å². The molecule has 30 heavy (non-hydrogen) atoms. The number of rotatable bonds is 8. The molecule has 0 saturated carbocycles. The fourth-order valence-electron chi connectivity index (χ4n) is 3.23. The number of sulfonamides is 1. The number of piperazine rings is 1. The summed E-state index contributed by atoms with van der Waals surface area (Å²) in [5.41, 5.74) is 2.24. The molecule has 0 radical (unpaired) electrons. The summed E-state index contributed by atoms with van der Waals surface area (Å²) in [6.45, 7) is 7.83. The maximum atomic E-state index is 12.5. The first-order valence-electron chi connectivity index (χ1n) is 10.1. The number of benzene rings is 2. The Morgan fingerprint density at radius 1 is 0.933 bits per heavy atom. The zero-order valence-corrected chi connectivity index (χ0v) is 19.1. The maximum absolute atomic E-state index is 12.5. The molecule has 162 valence electrons. The van der Waals surface area contributed by atoms with Gasteiger partial charge in [-0.3, -0.25) is 9.69 Å². The zero-order chi connectivity index (χ0) is 21.6. The molecule has 0 bridgehead atoms. The third kappa shape index (κ3) is 6.57. The van der Waals surface area contributed by atoms with Gasteiger partial charge in [-0.05, 0) is 38.1 Å². The van der Waals surface area contributed by atoms with Gasteiger partial charge in [0.15, 0.2) is 0 Å². The zero-order valence-electron chi connectivity index (χ0n) is 17.5. The Labute approximate surface area is 183 Å². The Balaban J connectivity index is 1.37. The van der Waals surface area contributed by atoms with Gasteiger partial charge in [-0.2, -0.15) is 0 Å². The Morgan fingerprint density at radius 3 is 2.10 bits per heavy atom. The van der Waals surface area contributed by atoms with Crippen LogP contribution in [0, 0.1) is 13.8 Å². The minimum atomic E-state index is -3.48. The maximum Gasteiger partial charge on any atom is 0.240 e. The van der Waals surface area contributed by atoms with Crippen LogP contribution in [0.4, 0.5) is 0 Å². The van der Waals surface area contributed by atoms with E-state index < -0.39 is 10.0 Å². The normalized spacial score (nSPS) is 15.3. The molecule has 0 spiro atoms. The summed E-state index contributed by atoms with van der Waals surface area (Å²) >= 11 is 1.57. The molecule has 1 aliphatic rings. The van der Waals surface area contributed by atoms with E-state index in [1.807, 2.05) is 30.9 Å². The summed E-state index contributed by atoms with van der Waals surface area (Å²) < 4.78 is 27.4. The molecule has 1 N–H and O–H groups in total. The number of thioether (sulfide) groups is 1. The lowest BCUT2D eigenvalue weighted by Gasteiger charge is -2.34. The minimum Gasteiger partial charge on any atom is -0.339 e. The SMILES string of the molecule is Cc1ccc(SCC(=O)N2CCN(CCNS(=O)(=O)c3ccc(C)cc3)CC2)cc1. The number of nitrogens with zero attached hydrogens (tertiary/aromatic N) is 2. The number of carbonyl (C=O) groups excluding carboxylic acids is 1. The van der Waals surface area contributed by atoms with Crippen molar-refractivity contribution in [1.29, 1.82) is 0 Å². The fourth-order valence-corrected chi connectivity index (χ4v) is 5.05. The van der Waals surface area contributed by atoms with Crippen molar-refractivity contribution in [3.63, 3.8) is 0 Å². The second-order valence-corrected chi connectivity index (χ2v) is 10.4. The summed E-state index contributed by atoms with van der Waals surface area (Å²) in [4.78, 5) is 17.9. The number of amides is 1. The van der Waals surface area contributed by atoms with Gasteiger partial charge in [-0.25, -0.2) is 13.1 Å². The van der Waals surface area contributed by atoms with Gasteiger partial charge < -0.3 is 4.90 Å². The predicted molar refractivity (Wildman–Crippen MR) is 121 cm³/mol. The van der Waals surface area contributed by atoms with Gasteiger partial charge in [0, 0.05) is 44.2 Å². The first kappa shape index (κ1) is 22.8. The Morgan fingerprint density at radius 2 is 1.50 bits per heavy atom. The van der Waals surface area contributed by atoms with Gasteiger partial charge in [0.05, 0.1) is 10.6 Å². The van der Waals surface area contributed by atoms with Gasteiger partial charge in [-0.15, -0.1) is 11.8 Å². The van der Waals surface area contributed by atoms with E-state index in [9.17, 15) is 13.2 Å². The van der Waals surface area contributed by atoms with Crippen molar-refractivity contribution >= 4 is 27.7 Å². The topological polar surface area (TPSA) is 69.7 Å². The van der Waals surface area contributed by atoms with E-state index in [-0.39, 0.29) is 10.8 Å². The molecule has 1 saturated heterocycles. The molecule has 1 aliphatic heterocycles. The molecule has 2 aromatic carbocycles. The van der Waals surface area contributed by atoms with Gasteiger partial charge in [0.25, 0.3) is 0 Å². The van der Waals surface area contributed by atoms with E-state index >= 15 is 0 Å². The highest BCUT2D eigenvalue weighted by atomic mass is 32.2. The van der Waals surface area contributed by atoms with E-state index in [0.29, 0.717) is 31.9 Å². The van der Waals surface area contributed by atoms with Crippen molar-refractivity contribution in [3.05, 3.63) is 59.7 Å². The molecule has 2 aromatic rings. The number of aryl methyl sites for hydroxylation is 2. The molecule has 1 fully saturated rings. The standard InChI is InChI=1S/C22H29N3O3S2/c1-18-3-7-20(8-4-18)29-17-22(26)25-15-13-24(14-16-25)12-11-23-30(27,28)21-9-5-19(2)6-10-21/h3-10,23H,11-17H2,1-2H3. The van der Waals surface area contributed by atoms with Crippen molar-refractivity contribution in [1.82, 2.24) is 14.5 Å². The molecule has 0 unspecified atom stereocenters. The lowest BCUT2D eigenvalue weighted by atomic mass is 10.2. The smallest absolute Gasteiger partial charge is 0.240 e. The van der Waals surface area contributed by atoms with E-state index in [4.69, 9.17) is 0 Å². The van der Waals surface area contributed by atoms with Crippen LogP contribution in [-0.2, 0) is 14.8 Å². The lowest BCUT2D eigenvalue weighted by Crippen LogP contribution is -2.50. The summed E-state index contributed by atoms with van der Waals surface area (Å²) in [5, 5.41) is 0. The van der Waals surface area contributed by atoms with Crippen molar-refractivity contribution in [2.24, 2.45) is 0 Å². The monoisotopic (exact) mass is 447 g/mol. The van der Waals surface area contributed by atoms with Gasteiger partial charge in [0.2, 0.25) is 15.9 Å². The number of hydrogen-bond acceptors (Lipinski definition) is 5.